The number of ketones is 1. The average Bonchev–Trinajstić information content (AvgIpc) is 2.69. The van der Waals surface area contributed by atoms with Gasteiger partial charge in [-0.05, 0) is 48.7 Å². The van der Waals surface area contributed by atoms with Crippen molar-refractivity contribution < 1.29 is 14.3 Å². The van der Waals surface area contributed by atoms with Crippen LogP contribution in [0.25, 0.3) is 0 Å². The molecule has 142 valence electrons. The molecule has 0 aliphatic carbocycles. The van der Waals surface area contributed by atoms with Gasteiger partial charge in [-0.15, -0.1) is 0 Å². The van der Waals surface area contributed by atoms with Crippen molar-refractivity contribution in [3.05, 3.63) is 69.7 Å². The molecule has 0 saturated carbocycles. The lowest BCUT2D eigenvalue weighted by molar-refractivity contribution is 0.0741. The number of piperidine rings is 1. The van der Waals surface area contributed by atoms with E-state index in [2.05, 4.69) is 0 Å². The zero-order valence-electron chi connectivity index (χ0n) is 14.9. The summed E-state index contributed by atoms with van der Waals surface area (Å²) in [6.07, 6.45) is 1.53. The number of hydrogen-bond acceptors (Lipinski definition) is 3. The predicted octanol–water partition coefficient (Wildman–Crippen LogP) is 5.27. The molecule has 0 atom stereocenters. The van der Waals surface area contributed by atoms with Gasteiger partial charge in [0.1, 0.15) is 0 Å². The quantitative estimate of drug-likeness (QED) is 0.636. The molecule has 1 fully saturated rings. The number of halogens is 2. The molecule has 2 aromatic rings. The highest BCUT2D eigenvalue weighted by Gasteiger charge is 2.28. The van der Waals surface area contributed by atoms with Crippen LogP contribution >= 0.6 is 23.2 Å². The van der Waals surface area contributed by atoms with E-state index < -0.39 is 0 Å². The summed E-state index contributed by atoms with van der Waals surface area (Å²) in [5.41, 5.74) is 1.62. The zero-order valence-corrected chi connectivity index (χ0v) is 16.4. The van der Waals surface area contributed by atoms with Crippen molar-refractivity contribution in [3.8, 4) is 0 Å². The van der Waals surface area contributed by atoms with Gasteiger partial charge < -0.3 is 9.64 Å². The molecule has 0 spiro atoms. The van der Waals surface area contributed by atoms with E-state index in [0.29, 0.717) is 48.0 Å². The van der Waals surface area contributed by atoms with Crippen molar-refractivity contribution in [2.75, 3.05) is 19.7 Å². The van der Waals surface area contributed by atoms with E-state index in [1.165, 1.54) is 0 Å². The average molecular weight is 406 g/mol. The van der Waals surface area contributed by atoms with Crippen LogP contribution < -0.4 is 0 Å². The molecular formula is C21H21Cl2NO3. The summed E-state index contributed by atoms with van der Waals surface area (Å²) in [4.78, 5) is 26.5. The van der Waals surface area contributed by atoms with Crippen LogP contribution in [0.5, 0.6) is 0 Å². The molecule has 0 N–H and O–H groups in total. The normalized spacial score (nSPS) is 14.8. The molecule has 0 radical (unpaired) electrons. The summed E-state index contributed by atoms with van der Waals surface area (Å²) >= 11 is 12.0. The van der Waals surface area contributed by atoms with Crippen molar-refractivity contribution in [2.45, 2.75) is 19.3 Å². The van der Waals surface area contributed by atoms with Gasteiger partial charge >= 0.3 is 6.09 Å². The van der Waals surface area contributed by atoms with E-state index >= 15 is 0 Å². The number of likely N-dealkylation sites (tertiary alicyclic amines) is 1. The van der Waals surface area contributed by atoms with E-state index in [9.17, 15) is 9.59 Å². The Kier molecular flexibility index (Phi) is 6.75. The largest absolute Gasteiger partial charge is 0.449 e. The smallest absolute Gasteiger partial charge is 0.409 e. The first-order chi connectivity index (χ1) is 13.0. The summed E-state index contributed by atoms with van der Waals surface area (Å²) in [5, 5.41) is 1.29. The molecule has 1 amide bonds. The van der Waals surface area contributed by atoms with E-state index in [4.69, 9.17) is 27.9 Å². The lowest BCUT2D eigenvalue weighted by atomic mass is 9.89. The molecule has 1 saturated heterocycles. The Bertz CT molecular complexity index is 799. The Hall–Kier alpha value is -2.04. The summed E-state index contributed by atoms with van der Waals surface area (Å²) in [6, 6.07) is 14.5. The molecule has 1 aliphatic rings. The van der Waals surface area contributed by atoms with Crippen molar-refractivity contribution in [1.82, 2.24) is 4.90 Å². The Labute approximate surface area is 169 Å². The van der Waals surface area contributed by atoms with Gasteiger partial charge in [0.15, 0.2) is 5.78 Å². The Morgan fingerprint density at radius 1 is 1.00 bits per heavy atom. The van der Waals surface area contributed by atoms with Crippen LogP contribution in [0.1, 0.15) is 28.8 Å². The minimum Gasteiger partial charge on any atom is -0.449 e. The Morgan fingerprint density at radius 2 is 1.67 bits per heavy atom. The lowest BCUT2D eigenvalue weighted by Gasteiger charge is -2.30. The summed E-state index contributed by atoms with van der Waals surface area (Å²) in [6.45, 7) is 1.33. The molecule has 0 aromatic heterocycles. The third kappa shape index (κ3) is 5.24. The number of nitrogens with zero attached hydrogens (tertiary/aromatic N) is 1. The second kappa shape index (κ2) is 9.25. The fraction of sp³-hybridized carbons (Fsp3) is 0.333. The predicted molar refractivity (Wildman–Crippen MR) is 107 cm³/mol. The van der Waals surface area contributed by atoms with Gasteiger partial charge in [0.2, 0.25) is 0 Å². The van der Waals surface area contributed by atoms with Crippen molar-refractivity contribution in [1.29, 1.82) is 0 Å². The summed E-state index contributed by atoms with van der Waals surface area (Å²) in [7, 11) is 0. The Morgan fingerprint density at radius 3 is 2.33 bits per heavy atom. The molecule has 1 aliphatic heterocycles. The highest BCUT2D eigenvalue weighted by Crippen LogP contribution is 2.23. The minimum absolute atomic E-state index is 0.0710. The van der Waals surface area contributed by atoms with Crippen LogP contribution in [0.15, 0.2) is 48.5 Å². The zero-order chi connectivity index (χ0) is 19.2. The maximum atomic E-state index is 12.6. The van der Waals surface area contributed by atoms with Gasteiger partial charge in [-0.25, -0.2) is 4.79 Å². The minimum atomic E-state index is -0.334. The van der Waals surface area contributed by atoms with Crippen LogP contribution in [0.3, 0.4) is 0 Å². The first-order valence-electron chi connectivity index (χ1n) is 8.99. The highest BCUT2D eigenvalue weighted by molar-refractivity contribution is 6.31. The molecular weight excluding hydrogens is 385 g/mol. The first-order valence-corrected chi connectivity index (χ1v) is 9.75. The van der Waals surface area contributed by atoms with E-state index in [-0.39, 0.29) is 24.4 Å². The molecule has 27 heavy (non-hydrogen) atoms. The van der Waals surface area contributed by atoms with Crippen LogP contribution in [0, 0.1) is 5.92 Å². The van der Waals surface area contributed by atoms with E-state index in [0.717, 1.165) is 5.56 Å². The van der Waals surface area contributed by atoms with Crippen molar-refractivity contribution in [2.24, 2.45) is 5.92 Å². The molecule has 4 nitrogen and oxygen atoms in total. The second-order valence-electron chi connectivity index (χ2n) is 6.59. The number of carbonyl (C=O) groups is 2. The van der Waals surface area contributed by atoms with E-state index in [1.807, 2.05) is 24.3 Å². The maximum Gasteiger partial charge on any atom is 0.409 e. The molecule has 0 bridgehead atoms. The number of rotatable bonds is 5. The third-order valence-corrected chi connectivity index (χ3v) is 5.43. The van der Waals surface area contributed by atoms with Gasteiger partial charge in [-0.1, -0.05) is 41.4 Å². The highest BCUT2D eigenvalue weighted by atomic mass is 35.5. The van der Waals surface area contributed by atoms with Crippen LogP contribution in [0.2, 0.25) is 10.0 Å². The second-order valence-corrected chi connectivity index (χ2v) is 7.43. The van der Waals surface area contributed by atoms with E-state index in [1.54, 1.807) is 29.2 Å². The number of hydrogen-bond donors (Lipinski definition) is 0. The lowest BCUT2D eigenvalue weighted by Crippen LogP contribution is -2.40. The van der Waals surface area contributed by atoms with Gasteiger partial charge in [0.05, 0.1) is 6.61 Å². The maximum absolute atomic E-state index is 12.6. The van der Waals surface area contributed by atoms with Crippen LogP contribution in [-0.2, 0) is 11.2 Å². The van der Waals surface area contributed by atoms with Crippen molar-refractivity contribution in [3.63, 3.8) is 0 Å². The fourth-order valence-electron chi connectivity index (χ4n) is 3.21. The number of amides is 1. The molecule has 2 aromatic carbocycles. The van der Waals surface area contributed by atoms with Crippen LogP contribution in [-0.4, -0.2) is 36.5 Å². The summed E-state index contributed by atoms with van der Waals surface area (Å²) < 4.78 is 5.36. The van der Waals surface area contributed by atoms with Crippen molar-refractivity contribution >= 4 is 35.1 Å². The molecule has 6 heteroatoms. The van der Waals surface area contributed by atoms with Gasteiger partial charge in [0.25, 0.3) is 0 Å². The van der Waals surface area contributed by atoms with Gasteiger partial charge in [-0.2, -0.15) is 0 Å². The van der Waals surface area contributed by atoms with Crippen LogP contribution in [0.4, 0.5) is 4.79 Å². The summed E-state index contributed by atoms with van der Waals surface area (Å²) in [5.74, 6) is 0.0387. The number of Topliss-reactive ketones (excluding diaryl/α,β-unsaturated/α-hetero) is 1. The Balaban J connectivity index is 1.44. The third-order valence-electron chi connectivity index (χ3n) is 4.81. The fourth-order valence-corrected chi connectivity index (χ4v) is 3.57. The number of ether oxygens (including phenoxy) is 1. The standard InChI is InChI=1S/C21H21Cl2NO3/c22-18-7-5-16(6-8-18)20(25)17-9-12-24(13-10-17)21(26)27-14-11-15-3-1-2-4-19(15)23/h1-8,17H,9-14H2. The number of benzene rings is 2. The topological polar surface area (TPSA) is 46.6 Å². The first kappa shape index (κ1) is 19.7. The van der Waals surface area contributed by atoms with Gasteiger partial charge in [0, 0.05) is 41.0 Å². The number of carbonyl (C=O) groups excluding carboxylic acids is 2. The molecule has 1 heterocycles. The van der Waals surface area contributed by atoms with Gasteiger partial charge in [-0.3, -0.25) is 4.79 Å². The molecule has 3 rings (SSSR count). The molecule has 0 unspecified atom stereocenters. The SMILES string of the molecule is O=C(c1ccc(Cl)cc1)C1CCN(C(=O)OCCc2ccccc2Cl)CC1. The monoisotopic (exact) mass is 405 g/mol.